The highest BCUT2D eigenvalue weighted by molar-refractivity contribution is 5.76. The number of carbonyl (C=O) groups excluding carboxylic acids is 1. The van der Waals surface area contributed by atoms with Gasteiger partial charge in [-0.3, -0.25) is 4.79 Å². The molecule has 0 radical (unpaired) electrons. The quantitative estimate of drug-likeness (QED) is 0.807. The normalized spacial score (nSPS) is 12.8. The summed E-state index contributed by atoms with van der Waals surface area (Å²) in [4.78, 5) is 20.8. The summed E-state index contributed by atoms with van der Waals surface area (Å²) < 4.78 is 1.73. The molecule has 1 unspecified atom stereocenters. The van der Waals surface area contributed by atoms with Gasteiger partial charge >= 0.3 is 0 Å². The predicted octanol–water partition coefficient (Wildman–Crippen LogP) is 3.00. The van der Waals surface area contributed by atoms with Crippen LogP contribution in [0.2, 0.25) is 0 Å². The summed E-state index contributed by atoms with van der Waals surface area (Å²) in [5, 5.41) is 7.29. The van der Waals surface area contributed by atoms with Gasteiger partial charge in [-0.15, -0.1) is 0 Å². The summed E-state index contributed by atoms with van der Waals surface area (Å²) in [6.07, 6.45) is 6.05. The molecule has 0 saturated carbocycles. The molecule has 0 fully saturated rings. The van der Waals surface area contributed by atoms with Crippen LogP contribution in [-0.4, -0.2) is 31.5 Å². The summed E-state index contributed by atoms with van der Waals surface area (Å²) in [5.74, 6) is 1.43. The molecule has 0 aliphatic rings. The van der Waals surface area contributed by atoms with Gasteiger partial charge < -0.3 is 5.32 Å². The highest BCUT2D eigenvalue weighted by Crippen LogP contribution is 2.15. The van der Waals surface area contributed by atoms with Gasteiger partial charge in [-0.2, -0.15) is 10.1 Å². The van der Waals surface area contributed by atoms with Gasteiger partial charge in [-0.1, -0.05) is 26.7 Å². The second kappa shape index (κ2) is 8.22. The first-order chi connectivity index (χ1) is 11.4. The number of aromatic nitrogens is 4. The summed E-state index contributed by atoms with van der Waals surface area (Å²) in [7, 11) is 0. The van der Waals surface area contributed by atoms with E-state index in [1.54, 1.807) is 4.52 Å². The molecule has 6 heteroatoms. The molecule has 132 valence electrons. The van der Waals surface area contributed by atoms with E-state index in [1.807, 2.05) is 13.8 Å². The lowest BCUT2D eigenvalue weighted by atomic mass is 10.0. The second-order valence-corrected chi connectivity index (χ2v) is 7.03. The minimum absolute atomic E-state index is 0.101. The average molecular weight is 331 g/mol. The maximum absolute atomic E-state index is 12.2. The van der Waals surface area contributed by atoms with Crippen molar-refractivity contribution < 1.29 is 4.79 Å². The number of amides is 1. The van der Waals surface area contributed by atoms with Crippen molar-refractivity contribution in [2.24, 2.45) is 5.92 Å². The first-order valence-corrected chi connectivity index (χ1v) is 8.83. The van der Waals surface area contributed by atoms with E-state index in [-0.39, 0.29) is 11.9 Å². The van der Waals surface area contributed by atoms with Crippen LogP contribution in [0.4, 0.5) is 0 Å². The van der Waals surface area contributed by atoms with Gasteiger partial charge in [0.05, 0.1) is 0 Å². The maximum atomic E-state index is 12.2. The Bertz CT molecular complexity index is 692. The van der Waals surface area contributed by atoms with Crippen LogP contribution in [0.1, 0.15) is 63.4 Å². The summed E-state index contributed by atoms with van der Waals surface area (Å²) >= 11 is 0. The Balaban J connectivity index is 1.88. The Morgan fingerprint density at radius 2 is 2.00 bits per heavy atom. The standard InChI is InChI=1S/C18H29N5O/c1-12(2)7-6-8-13(3)21-17(24)10-9-16-14(4)22-18-19-11-20-23(18)15(16)5/h11-13H,6-10H2,1-5H3,(H,21,24). The lowest BCUT2D eigenvalue weighted by molar-refractivity contribution is -0.121. The highest BCUT2D eigenvalue weighted by Gasteiger charge is 2.13. The van der Waals surface area contributed by atoms with E-state index >= 15 is 0 Å². The monoisotopic (exact) mass is 331 g/mol. The van der Waals surface area contributed by atoms with Crippen molar-refractivity contribution in [3.8, 4) is 0 Å². The van der Waals surface area contributed by atoms with E-state index in [2.05, 4.69) is 41.2 Å². The molecule has 2 rings (SSSR count). The number of hydrogen-bond acceptors (Lipinski definition) is 4. The Morgan fingerprint density at radius 1 is 1.25 bits per heavy atom. The Morgan fingerprint density at radius 3 is 2.71 bits per heavy atom. The van der Waals surface area contributed by atoms with Crippen LogP contribution in [0, 0.1) is 19.8 Å². The van der Waals surface area contributed by atoms with Crippen molar-refractivity contribution in [2.75, 3.05) is 0 Å². The zero-order valence-corrected chi connectivity index (χ0v) is 15.5. The van der Waals surface area contributed by atoms with Crippen LogP contribution in [0.25, 0.3) is 5.78 Å². The summed E-state index contributed by atoms with van der Waals surface area (Å²) in [5.41, 5.74) is 3.01. The third-order valence-corrected chi connectivity index (χ3v) is 4.42. The van der Waals surface area contributed by atoms with E-state index in [0.717, 1.165) is 35.7 Å². The van der Waals surface area contributed by atoms with Crippen LogP contribution < -0.4 is 5.32 Å². The number of nitrogens with one attached hydrogen (secondary N) is 1. The van der Waals surface area contributed by atoms with Gasteiger partial charge in [0.15, 0.2) is 0 Å². The van der Waals surface area contributed by atoms with Crippen LogP contribution in [-0.2, 0) is 11.2 Å². The number of carbonyl (C=O) groups is 1. The Kier molecular flexibility index (Phi) is 6.29. The molecule has 1 N–H and O–H groups in total. The first-order valence-electron chi connectivity index (χ1n) is 8.83. The van der Waals surface area contributed by atoms with Crippen LogP contribution in [0.15, 0.2) is 6.33 Å². The largest absolute Gasteiger partial charge is 0.354 e. The van der Waals surface area contributed by atoms with Crippen molar-refractivity contribution in [3.63, 3.8) is 0 Å². The molecule has 0 spiro atoms. The molecule has 0 aromatic carbocycles. The highest BCUT2D eigenvalue weighted by atomic mass is 16.1. The Hall–Kier alpha value is -1.98. The van der Waals surface area contributed by atoms with Gasteiger partial charge in [0.25, 0.3) is 5.78 Å². The zero-order valence-electron chi connectivity index (χ0n) is 15.5. The molecule has 0 aliphatic carbocycles. The molecule has 1 atom stereocenters. The minimum Gasteiger partial charge on any atom is -0.354 e. The van der Waals surface area contributed by atoms with Gasteiger partial charge in [-0.05, 0) is 45.1 Å². The van der Waals surface area contributed by atoms with E-state index in [4.69, 9.17) is 0 Å². The summed E-state index contributed by atoms with van der Waals surface area (Å²) in [6.45, 7) is 10.5. The van der Waals surface area contributed by atoms with E-state index in [0.29, 0.717) is 18.6 Å². The number of rotatable bonds is 8. The van der Waals surface area contributed by atoms with Crippen molar-refractivity contribution in [1.29, 1.82) is 0 Å². The maximum Gasteiger partial charge on any atom is 0.252 e. The van der Waals surface area contributed by atoms with Crippen LogP contribution >= 0.6 is 0 Å². The molecular formula is C18H29N5O. The molecule has 2 aromatic rings. The molecule has 0 bridgehead atoms. The third kappa shape index (κ3) is 4.76. The fourth-order valence-corrected chi connectivity index (χ4v) is 3.01. The van der Waals surface area contributed by atoms with Crippen molar-refractivity contribution >= 4 is 11.7 Å². The lowest BCUT2D eigenvalue weighted by Crippen LogP contribution is -2.32. The van der Waals surface area contributed by atoms with Gasteiger partial charge in [-0.25, -0.2) is 9.50 Å². The molecule has 0 aliphatic heterocycles. The van der Waals surface area contributed by atoms with Crippen LogP contribution in [0.3, 0.4) is 0 Å². The number of nitrogens with zero attached hydrogens (tertiary/aromatic N) is 4. The first kappa shape index (κ1) is 18.4. The molecule has 2 aromatic heterocycles. The molecule has 0 saturated heterocycles. The fraction of sp³-hybridized carbons (Fsp3) is 0.667. The fourth-order valence-electron chi connectivity index (χ4n) is 3.01. The number of aryl methyl sites for hydroxylation is 2. The lowest BCUT2D eigenvalue weighted by Gasteiger charge is -2.15. The topological polar surface area (TPSA) is 72.2 Å². The SMILES string of the molecule is Cc1nc2ncnn2c(C)c1CCC(=O)NC(C)CCCC(C)C. The van der Waals surface area contributed by atoms with E-state index in [1.165, 1.54) is 12.7 Å². The van der Waals surface area contributed by atoms with Crippen molar-refractivity contribution in [2.45, 2.75) is 72.8 Å². The van der Waals surface area contributed by atoms with E-state index in [9.17, 15) is 4.79 Å². The minimum atomic E-state index is 0.101. The zero-order chi connectivity index (χ0) is 17.7. The molecule has 1 amide bonds. The van der Waals surface area contributed by atoms with Gasteiger partial charge in [0.2, 0.25) is 5.91 Å². The predicted molar refractivity (Wildman–Crippen MR) is 94.9 cm³/mol. The molecule has 24 heavy (non-hydrogen) atoms. The van der Waals surface area contributed by atoms with E-state index < -0.39 is 0 Å². The third-order valence-electron chi connectivity index (χ3n) is 4.42. The van der Waals surface area contributed by atoms with Gasteiger partial charge in [0, 0.05) is 23.9 Å². The molecule has 6 nitrogen and oxygen atoms in total. The number of hydrogen-bond donors (Lipinski definition) is 1. The summed E-state index contributed by atoms with van der Waals surface area (Å²) in [6, 6.07) is 0.231. The smallest absolute Gasteiger partial charge is 0.252 e. The average Bonchev–Trinajstić information content (AvgIpc) is 2.94. The number of fused-ring (bicyclic) bond motifs is 1. The molecular weight excluding hydrogens is 302 g/mol. The van der Waals surface area contributed by atoms with Crippen LogP contribution in [0.5, 0.6) is 0 Å². The second-order valence-electron chi connectivity index (χ2n) is 7.03. The van der Waals surface area contributed by atoms with Gasteiger partial charge in [0.1, 0.15) is 6.33 Å². The van der Waals surface area contributed by atoms with Crippen molar-refractivity contribution in [1.82, 2.24) is 24.9 Å². The van der Waals surface area contributed by atoms with Crippen molar-refractivity contribution in [3.05, 3.63) is 23.3 Å². The molecule has 2 heterocycles. The Labute approximate surface area is 144 Å².